The summed E-state index contributed by atoms with van der Waals surface area (Å²) in [5.41, 5.74) is -0.0269. The summed E-state index contributed by atoms with van der Waals surface area (Å²) in [4.78, 5) is 14.1. The summed E-state index contributed by atoms with van der Waals surface area (Å²) in [6.45, 7) is 6.92. The summed E-state index contributed by atoms with van der Waals surface area (Å²) in [6.07, 6.45) is 4.80. The third-order valence-electron chi connectivity index (χ3n) is 6.14. The molecule has 2 heterocycles. The number of methoxy groups -OCH3 is 1. The predicted octanol–water partition coefficient (Wildman–Crippen LogP) is 2.44. The van der Waals surface area contributed by atoms with Crippen molar-refractivity contribution in [3.8, 4) is 0 Å². The second-order valence-electron chi connectivity index (χ2n) is 8.12. The summed E-state index contributed by atoms with van der Waals surface area (Å²) >= 11 is 5.60. The first-order chi connectivity index (χ1) is 14.2. The average Bonchev–Trinajstić information content (AvgIpc) is 3.03. The van der Waals surface area contributed by atoms with Crippen LogP contribution in [0.2, 0.25) is 0 Å². The van der Waals surface area contributed by atoms with E-state index >= 15 is 0 Å². The van der Waals surface area contributed by atoms with Crippen molar-refractivity contribution >= 4 is 33.3 Å². The molecule has 2 fully saturated rings. The van der Waals surface area contributed by atoms with Crippen LogP contribution in [0, 0.1) is 19.8 Å². The van der Waals surface area contributed by atoms with E-state index in [0.29, 0.717) is 30.2 Å². The molecule has 1 saturated heterocycles. The molecule has 1 aliphatic carbocycles. The van der Waals surface area contributed by atoms with Crippen LogP contribution in [0.3, 0.4) is 0 Å². The minimum Gasteiger partial charge on any atom is -0.465 e. The van der Waals surface area contributed by atoms with Crippen LogP contribution in [0.15, 0.2) is 9.31 Å². The lowest BCUT2D eigenvalue weighted by molar-refractivity contribution is 0.0594. The van der Waals surface area contributed by atoms with E-state index in [1.807, 2.05) is 4.90 Å². The number of carbonyl (C=O) groups excluding carboxylic acids is 1. The summed E-state index contributed by atoms with van der Waals surface area (Å²) in [7, 11) is -2.67. The highest BCUT2D eigenvalue weighted by Gasteiger charge is 2.37. The fraction of sp³-hybridized carbons (Fsp3) is 0.700. The molecule has 2 atom stereocenters. The molecule has 1 aliphatic heterocycles. The Morgan fingerprint density at radius 3 is 2.37 bits per heavy atom. The van der Waals surface area contributed by atoms with E-state index < -0.39 is 16.0 Å². The van der Waals surface area contributed by atoms with Gasteiger partial charge in [-0.2, -0.15) is 4.31 Å². The zero-order valence-corrected chi connectivity index (χ0v) is 19.7. The van der Waals surface area contributed by atoms with Crippen LogP contribution >= 0.6 is 12.2 Å². The fourth-order valence-electron chi connectivity index (χ4n) is 4.35. The number of thiocarbonyl (C=S) groups is 1. The minimum atomic E-state index is -3.89. The van der Waals surface area contributed by atoms with Gasteiger partial charge >= 0.3 is 5.97 Å². The van der Waals surface area contributed by atoms with Crippen molar-refractivity contribution in [1.29, 1.82) is 0 Å². The molecule has 0 bridgehead atoms. The standard InChI is InChI=1S/C20H31N3O5S2/c1-13-7-5-6-8-16(13)21-20(29)22-9-11-23(12-10-22)30(25,26)18-15(3)28-14(2)17(18)19(24)27-4/h13,16H,5-12H2,1-4H3,(H,21,29). The SMILES string of the molecule is COC(=O)c1c(C)oc(C)c1S(=O)(=O)N1CCN(C(=S)NC2CCCCC2C)CC1. The van der Waals surface area contributed by atoms with E-state index in [-0.39, 0.29) is 35.1 Å². The summed E-state index contributed by atoms with van der Waals surface area (Å²) in [6, 6.07) is 0.382. The molecule has 0 aromatic carbocycles. The van der Waals surface area contributed by atoms with Crippen molar-refractivity contribution in [2.24, 2.45) is 5.92 Å². The maximum atomic E-state index is 13.3. The number of ether oxygens (including phenoxy) is 1. The smallest absolute Gasteiger partial charge is 0.342 e. The maximum absolute atomic E-state index is 13.3. The number of rotatable bonds is 4. The fourth-order valence-corrected chi connectivity index (χ4v) is 6.48. The normalized spacial score (nSPS) is 23.3. The molecule has 3 rings (SSSR count). The van der Waals surface area contributed by atoms with Crippen molar-refractivity contribution in [3.05, 3.63) is 17.1 Å². The van der Waals surface area contributed by atoms with E-state index in [1.165, 1.54) is 30.7 Å². The lowest BCUT2D eigenvalue weighted by Gasteiger charge is -2.38. The monoisotopic (exact) mass is 457 g/mol. The third-order valence-corrected chi connectivity index (χ3v) is 8.57. The quantitative estimate of drug-likeness (QED) is 0.545. The van der Waals surface area contributed by atoms with Gasteiger partial charge in [0.05, 0.1) is 7.11 Å². The molecule has 0 radical (unpaired) electrons. The van der Waals surface area contributed by atoms with Crippen LogP contribution < -0.4 is 5.32 Å². The van der Waals surface area contributed by atoms with Gasteiger partial charge < -0.3 is 19.4 Å². The number of hydrogen-bond acceptors (Lipinski definition) is 6. The summed E-state index contributed by atoms with van der Waals surface area (Å²) in [5.74, 6) is 0.304. The molecule has 1 N–H and O–H groups in total. The number of nitrogens with one attached hydrogen (secondary N) is 1. The Balaban J connectivity index is 1.69. The maximum Gasteiger partial charge on any atom is 0.342 e. The predicted molar refractivity (Wildman–Crippen MR) is 117 cm³/mol. The van der Waals surface area contributed by atoms with Crippen LogP contribution in [0.1, 0.15) is 54.5 Å². The van der Waals surface area contributed by atoms with E-state index in [4.69, 9.17) is 21.4 Å². The zero-order valence-electron chi connectivity index (χ0n) is 18.1. The second-order valence-corrected chi connectivity index (χ2v) is 10.4. The van der Waals surface area contributed by atoms with E-state index in [0.717, 1.165) is 6.42 Å². The largest absolute Gasteiger partial charge is 0.465 e. The van der Waals surface area contributed by atoms with Crippen molar-refractivity contribution in [3.63, 3.8) is 0 Å². The van der Waals surface area contributed by atoms with E-state index in [1.54, 1.807) is 13.8 Å². The molecule has 1 aromatic rings. The first-order valence-corrected chi connectivity index (χ1v) is 12.3. The molecule has 2 aliphatic rings. The number of esters is 1. The van der Waals surface area contributed by atoms with Crippen LogP contribution in [-0.2, 0) is 14.8 Å². The Morgan fingerprint density at radius 1 is 1.13 bits per heavy atom. The van der Waals surface area contributed by atoms with Gasteiger partial charge in [-0.25, -0.2) is 13.2 Å². The van der Waals surface area contributed by atoms with Gasteiger partial charge in [0.2, 0.25) is 10.0 Å². The van der Waals surface area contributed by atoms with Crippen molar-refractivity contribution in [2.75, 3.05) is 33.3 Å². The first kappa shape index (κ1) is 23.0. The highest BCUT2D eigenvalue weighted by molar-refractivity contribution is 7.89. The Bertz CT molecular complexity index is 904. The highest BCUT2D eigenvalue weighted by Crippen LogP contribution is 2.30. The molecule has 2 unspecified atom stereocenters. The van der Waals surface area contributed by atoms with Gasteiger partial charge in [0.25, 0.3) is 0 Å². The molecule has 1 aromatic heterocycles. The molecule has 1 saturated carbocycles. The lowest BCUT2D eigenvalue weighted by Crippen LogP contribution is -2.55. The Kier molecular flexibility index (Phi) is 7.09. The van der Waals surface area contributed by atoms with Gasteiger partial charge in [0.1, 0.15) is 22.0 Å². The summed E-state index contributed by atoms with van der Waals surface area (Å²) < 4.78 is 38.2. The van der Waals surface area contributed by atoms with Crippen LogP contribution in [0.5, 0.6) is 0 Å². The number of carbonyl (C=O) groups is 1. The molecule has 0 spiro atoms. The Hall–Kier alpha value is -1.65. The van der Waals surface area contributed by atoms with E-state index in [9.17, 15) is 13.2 Å². The van der Waals surface area contributed by atoms with Gasteiger partial charge in [0.15, 0.2) is 5.11 Å². The van der Waals surface area contributed by atoms with Crippen LogP contribution in [0.25, 0.3) is 0 Å². The third kappa shape index (κ3) is 4.50. The van der Waals surface area contributed by atoms with Crippen molar-refractivity contribution < 1.29 is 22.4 Å². The van der Waals surface area contributed by atoms with Gasteiger partial charge in [0, 0.05) is 32.2 Å². The number of furan rings is 1. The molecule has 168 valence electrons. The number of nitrogens with zero attached hydrogens (tertiary/aromatic N) is 2. The van der Waals surface area contributed by atoms with Gasteiger partial charge in [-0.05, 0) is 44.8 Å². The molecule has 0 amide bonds. The number of aryl methyl sites for hydroxylation is 2. The van der Waals surface area contributed by atoms with Crippen molar-refractivity contribution in [1.82, 2.24) is 14.5 Å². The molecular weight excluding hydrogens is 426 g/mol. The second kappa shape index (κ2) is 9.23. The highest BCUT2D eigenvalue weighted by atomic mass is 32.2. The number of hydrogen-bond donors (Lipinski definition) is 1. The minimum absolute atomic E-state index is 0.0269. The van der Waals surface area contributed by atoms with Crippen molar-refractivity contribution in [2.45, 2.75) is 57.4 Å². The average molecular weight is 458 g/mol. The molecule has 30 heavy (non-hydrogen) atoms. The Labute approximate surface area is 184 Å². The van der Waals surface area contributed by atoms with Gasteiger partial charge in [-0.15, -0.1) is 0 Å². The molecular formula is C20H31N3O5S2. The lowest BCUT2D eigenvalue weighted by atomic mass is 9.86. The Morgan fingerprint density at radius 2 is 1.77 bits per heavy atom. The van der Waals surface area contributed by atoms with Gasteiger partial charge in [-0.3, -0.25) is 0 Å². The van der Waals surface area contributed by atoms with Crippen LogP contribution in [-0.4, -0.2) is 68.0 Å². The molecule has 8 nitrogen and oxygen atoms in total. The molecule has 10 heteroatoms. The van der Waals surface area contributed by atoms with Crippen LogP contribution in [0.4, 0.5) is 0 Å². The topological polar surface area (TPSA) is 92.1 Å². The number of sulfonamides is 1. The zero-order chi connectivity index (χ0) is 22.1. The van der Waals surface area contributed by atoms with E-state index in [2.05, 4.69) is 12.2 Å². The summed E-state index contributed by atoms with van der Waals surface area (Å²) in [5, 5.41) is 4.17. The number of piperazine rings is 1. The van der Waals surface area contributed by atoms with Gasteiger partial charge in [-0.1, -0.05) is 19.8 Å². The first-order valence-electron chi connectivity index (χ1n) is 10.4.